The van der Waals surface area contributed by atoms with Crippen molar-refractivity contribution < 1.29 is 14.6 Å². The van der Waals surface area contributed by atoms with Crippen molar-refractivity contribution in [2.75, 3.05) is 0 Å². The fourth-order valence-corrected chi connectivity index (χ4v) is 1.64. The minimum absolute atomic E-state index is 0.0420. The molecule has 1 aromatic rings. The van der Waals surface area contributed by atoms with E-state index in [2.05, 4.69) is 31.1 Å². The topological polar surface area (TPSA) is 71.5 Å². The molecule has 5 heteroatoms. The summed E-state index contributed by atoms with van der Waals surface area (Å²) in [4.78, 5) is 15.5. The van der Waals surface area contributed by atoms with Crippen LogP contribution in [-0.2, 0) is 11.3 Å². The monoisotopic (exact) mass is 280 g/mol. The molecule has 1 atom stereocenters. The highest BCUT2D eigenvalue weighted by Crippen LogP contribution is 2.20. The smallest absolute Gasteiger partial charge is 0.344 e. The second kappa shape index (κ2) is 6.70. The van der Waals surface area contributed by atoms with Crippen molar-refractivity contribution in [3.8, 4) is 5.75 Å². The molecule has 0 saturated carbocycles. The Balaban J connectivity index is 2.92. The molecule has 0 saturated heterocycles. The number of hydrogen-bond acceptors (Lipinski definition) is 4. The normalized spacial score (nSPS) is 13.1. The van der Waals surface area contributed by atoms with E-state index in [4.69, 9.17) is 9.84 Å². The van der Waals surface area contributed by atoms with Crippen LogP contribution in [0.15, 0.2) is 12.1 Å². The first-order valence-electron chi connectivity index (χ1n) is 6.84. The van der Waals surface area contributed by atoms with Gasteiger partial charge in [0, 0.05) is 17.8 Å². The summed E-state index contributed by atoms with van der Waals surface area (Å²) in [7, 11) is 0. The lowest BCUT2D eigenvalue weighted by atomic mass is 10.1. The van der Waals surface area contributed by atoms with Crippen LogP contribution in [0.5, 0.6) is 5.75 Å². The maximum Gasteiger partial charge on any atom is 0.344 e. The summed E-state index contributed by atoms with van der Waals surface area (Å²) in [5.74, 6) is -0.426. The van der Waals surface area contributed by atoms with Crippen LogP contribution in [-0.4, -0.2) is 27.7 Å². The Labute approximate surface area is 120 Å². The number of aliphatic carboxylic acids is 1. The average Bonchev–Trinajstić information content (AvgIpc) is 2.33. The van der Waals surface area contributed by atoms with E-state index >= 15 is 0 Å². The first-order valence-corrected chi connectivity index (χ1v) is 6.84. The summed E-state index contributed by atoms with van der Waals surface area (Å²) in [5, 5.41) is 12.4. The largest absolute Gasteiger partial charge is 0.479 e. The number of carboxylic acid groups (broad SMARTS) is 1. The zero-order valence-corrected chi connectivity index (χ0v) is 12.9. The molecular weight excluding hydrogens is 256 g/mol. The van der Waals surface area contributed by atoms with Crippen LogP contribution in [0.4, 0.5) is 0 Å². The maximum atomic E-state index is 11.1. The van der Waals surface area contributed by atoms with E-state index in [0.29, 0.717) is 18.7 Å². The van der Waals surface area contributed by atoms with Crippen molar-refractivity contribution in [3.63, 3.8) is 0 Å². The first-order chi connectivity index (χ1) is 9.23. The summed E-state index contributed by atoms with van der Waals surface area (Å²) in [5.41, 5.74) is 1.57. The lowest BCUT2D eigenvalue weighted by Crippen LogP contribution is -2.35. The van der Waals surface area contributed by atoms with Crippen LogP contribution in [0.25, 0.3) is 0 Å². The molecule has 1 rings (SSSR count). The second-order valence-electron chi connectivity index (χ2n) is 5.85. The highest BCUT2D eigenvalue weighted by Gasteiger charge is 2.19. The molecule has 0 amide bonds. The lowest BCUT2D eigenvalue weighted by molar-refractivity contribution is -0.145. The fraction of sp³-hybridized carbons (Fsp3) is 0.600. The van der Waals surface area contributed by atoms with E-state index < -0.39 is 12.1 Å². The zero-order valence-electron chi connectivity index (χ0n) is 12.9. The van der Waals surface area contributed by atoms with Gasteiger partial charge in [-0.15, -0.1) is 0 Å². The average molecular weight is 280 g/mol. The molecule has 0 aliphatic heterocycles. The van der Waals surface area contributed by atoms with Gasteiger partial charge in [-0.1, -0.05) is 6.92 Å². The lowest BCUT2D eigenvalue weighted by Gasteiger charge is -2.22. The Hall–Kier alpha value is -1.62. The van der Waals surface area contributed by atoms with Gasteiger partial charge in [-0.25, -0.2) is 4.79 Å². The Bertz CT molecular complexity index is 467. The molecule has 1 aromatic heterocycles. The predicted octanol–water partition coefficient (Wildman–Crippen LogP) is 2.52. The van der Waals surface area contributed by atoms with Crippen LogP contribution < -0.4 is 10.1 Å². The third-order valence-electron chi connectivity index (χ3n) is 2.77. The number of hydrogen-bond donors (Lipinski definition) is 2. The molecular formula is C15H24N2O3. The number of pyridine rings is 1. The van der Waals surface area contributed by atoms with Gasteiger partial charge in [-0.2, -0.15) is 0 Å². The molecule has 1 unspecified atom stereocenters. The van der Waals surface area contributed by atoms with Crippen LogP contribution in [0.2, 0.25) is 0 Å². The van der Waals surface area contributed by atoms with Crippen LogP contribution >= 0.6 is 0 Å². The van der Waals surface area contributed by atoms with Gasteiger partial charge in [0.2, 0.25) is 0 Å². The maximum absolute atomic E-state index is 11.1. The number of nitrogens with zero attached hydrogens (tertiary/aromatic N) is 1. The number of carboxylic acids is 1. The Morgan fingerprint density at radius 3 is 2.60 bits per heavy atom. The molecule has 2 N–H and O–H groups in total. The van der Waals surface area contributed by atoms with Crippen molar-refractivity contribution in [2.45, 2.75) is 59.2 Å². The van der Waals surface area contributed by atoms with Gasteiger partial charge >= 0.3 is 5.97 Å². The summed E-state index contributed by atoms with van der Waals surface area (Å²) in [6.07, 6.45) is -0.428. The van der Waals surface area contributed by atoms with Crippen molar-refractivity contribution >= 4 is 5.97 Å². The van der Waals surface area contributed by atoms with Crippen LogP contribution in [0.3, 0.4) is 0 Å². The highest BCUT2D eigenvalue weighted by atomic mass is 16.5. The molecule has 5 nitrogen and oxygen atoms in total. The van der Waals surface area contributed by atoms with E-state index in [9.17, 15) is 4.79 Å². The molecule has 0 bridgehead atoms. The van der Waals surface area contributed by atoms with Gasteiger partial charge in [0.25, 0.3) is 0 Å². The van der Waals surface area contributed by atoms with Gasteiger partial charge in [0.05, 0.1) is 5.69 Å². The number of rotatable bonds is 6. The summed E-state index contributed by atoms with van der Waals surface area (Å²) >= 11 is 0. The minimum Gasteiger partial charge on any atom is -0.479 e. The van der Waals surface area contributed by atoms with Gasteiger partial charge in [-0.3, -0.25) is 4.98 Å². The Morgan fingerprint density at radius 1 is 1.45 bits per heavy atom. The van der Waals surface area contributed by atoms with E-state index in [1.165, 1.54) is 0 Å². The first kappa shape index (κ1) is 16.4. The van der Waals surface area contributed by atoms with Crippen molar-refractivity contribution in [3.05, 3.63) is 23.5 Å². The van der Waals surface area contributed by atoms with Crippen molar-refractivity contribution in [2.24, 2.45) is 0 Å². The minimum atomic E-state index is -0.956. The molecule has 112 valence electrons. The van der Waals surface area contributed by atoms with Crippen molar-refractivity contribution in [1.29, 1.82) is 0 Å². The quantitative estimate of drug-likeness (QED) is 0.837. The highest BCUT2D eigenvalue weighted by molar-refractivity contribution is 5.72. The number of carbonyl (C=O) groups is 1. The Morgan fingerprint density at radius 2 is 2.10 bits per heavy atom. The van der Waals surface area contributed by atoms with Gasteiger partial charge in [-0.05, 0) is 46.2 Å². The SMILES string of the molecule is CCC(Oc1ccc(C)nc1CNC(C)(C)C)C(=O)O. The third-order valence-corrected chi connectivity index (χ3v) is 2.77. The van der Waals surface area contributed by atoms with E-state index in [1.54, 1.807) is 13.0 Å². The van der Waals surface area contributed by atoms with Crippen LogP contribution in [0.1, 0.15) is 45.5 Å². The molecule has 20 heavy (non-hydrogen) atoms. The number of nitrogens with one attached hydrogen (secondary N) is 1. The number of ether oxygens (including phenoxy) is 1. The van der Waals surface area contributed by atoms with Gasteiger partial charge in [0.1, 0.15) is 5.75 Å². The van der Waals surface area contributed by atoms with E-state index in [0.717, 1.165) is 11.4 Å². The second-order valence-corrected chi connectivity index (χ2v) is 5.85. The predicted molar refractivity (Wildman–Crippen MR) is 77.9 cm³/mol. The Kier molecular flexibility index (Phi) is 5.51. The van der Waals surface area contributed by atoms with E-state index in [-0.39, 0.29) is 5.54 Å². The molecule has 0 radical (unpaired) electrons. The molecule has 0 aliphatic carbocycles. The van der Waals surface area contributed by atoms with Crippen LogP contribution in [0, 0.1) is 6.92 Å². The summed E-state index contributed by atoms with van der Waals surface area (Å²) in [6, 6.07) is 3.61. The van der Waals surface area contributed by atoms with Gasteiger partial charge in [0.15, 0.2) is 6.10 Å². The fourth-order valence-electron chi connectivity index (χ4n) is 1.64. The summed E-state index contributed by atoms with van der Waals surface area (Å²) in [6.45, 7) is 10.4. The number of aromatic nitrogens is 1. The molecule has 1 heterocycles. The molecule has 0 spiro atoms. The summed E-state index contributed by atoms with van der Waals surface area (Å²) < 4.78 is 5.57. The molecule has 0 fully saturated rings. The van der Waals surface area contributed by atoms with Crippen molar-refractivity contribution in [1.82, 2.24) is 10.3 Å². The number of aryl methyl sites for hydroxylation is 1. The third kappa shape index (κ3) is 5.17. The standard InChI is InChI=1S/C15H24N2O3/c1-6-12(14(18)19)20-13-8-7-10(2)17-11(13)9-16-15(3,4)5/h7-8,12,16H,6,9H2,1-5H3,(H,18,19). The molecule has 0 aliphatic rings. The molecule has 0 aromatic carbocycles. The van der Waals surface area contributed by atoms with E-state index in [1.807, 2.05) is 13.0 Å². The van der Waals surface area contributed by atoms with Gasteiger partial charge < -0.3 is 15.2 Å². The zero-order chi connectivity index (χ0) is 15.3.